The van der Waals surface area contributed by atoms with E-state index in [1.807, 2.05) is 7.05 Å². The minimum Gasteiger partial charge on any atom is -0.316 e. The number of nitrogens with zero attached hydrogens (tertiary/aromatic N) is 1. The average molecular weight is 157 g/mol. The van der Waals surface area contributed by atoms with Crippen LogP contribution in [0.25, 0.3) is 0 Å². The van der Waals surface area contributed by atoms with Gasteiger partial charge in [-0.1, -0.05) is 6.08 Å². The van der Waals surface area contributed by atoms with Gasteiger partial charge in [0.1, 0.15) is 0 Å². The first-order chi connectivity index (χ1) is 5.22. The van der Waals surface area contributed by atoms with Crippen LogP contribution in [0.1, 0.15) is 0 Å². The summed E-state index contributed by atoms with van der Waals surface area (Å²) in [6, 6.07) is 0. The molecule has 0 unspecified atom stereocenters. The molecular formula is C7H15N3O. The molecule has 0 saturated heterocycles. The highest BCUT2D eigenvalue weighted by molar-refractivity contribution is 5.86. The molecule has 1 amide bonds. The van der Waals surface area contributed by atoms with E-state index in [0.29, 0.717) is 6.54 Å². The van der Waals surface area contributed by atoms with Gasteiger partial charge in [0.25, 0.3) is 5.91 Å². The first-order valence-electron chi connectivity index (χ1n) is 3.48. The minimum atomic E-state index is -0.0530. The second-order valence-corrected chi connectivity index (χ2v) is 2.08. The van der Waals surface area contributed by atoms with Crippen LogP contribution in [0.15, 0.2) is 12.2 Å². The van der Waals surface area contributed by atoms with Gasteiger partial charge in [-0.2, -0.15) is 0 Å². The molecule has 0 fully saturated rings. The summed E-state index contributed by atoms with van der Waals surface area (Å²) < 4.78 is 0. The maximum atomic E-state index is 11.0. The number of rotatable bonds is 4. The highest BCUT2D eigenvalue weighted by atomic mass is 16.2. The topological polar surface area (TPSA) is 44.4 Å². The van der Waals surface area contributed by atoms with E-state index in [9.17, 15) is 4.79 Å². The van der Waals surface area contributed by atoms with Crippen molar-refractivity contribution >= 4 is 5.91 Å². The third-order valence-corrected chi connectivity index (χ3v) is 1.25. The van der Waals surface area contributed by atoms with Gasteiger partial charge in [-0.05, 0) is 7.05 Å². The molecule has 11 heavy (non-hydrogen) atoms. The molecule has 0 bridgehead atoms. The van der Waals surface area contributed by atoms with E-state index in [0.717, 1.165) is 0 Å². The first-order valence-corrected chi connectivity index (χ1v) is 3.48. The van der Waals surface area contributed by atoms with Crippen molar-refractivity contribution in [3.8, 4) is 0 Å². The Morgan fingerprint density at radius 1 is 1.55 bits per heavy atom. The summed E-state index contributed by atoms with van der Waals surface area (Å²) in [5, 5.41) is 4.31. The highest BCUT2D eigenvalue weighted by Gasteiger charge is 1.98. The predicted octanol–water partition coefficient (Wildman–Crippen LogP) is -0.645. The molecule has 0 rings (SSSR count). The number of nitrogens with one attached hydrogen (secondary N) is 2. The average Bonchev–Trinajstić information content (AvgIpc) is 2.03. The van der Waals surface area contributed by atoms with Crippen molar-refractivity contribution in [2.24, 2.45) is 0 Å². The fourth-order valence-electron chi connectivity index (χ4n) is 0.500. The fourth-order valence-corrected chi connectivity index (χ4v) is 0.500. The standard InChI is InChI=1S/C7H15N3O/c1-8-6-4-5-7(11)10(3)9-2/h4-5,8-9H,6H2,1-3H3/b5-4+. The third kappa shape index (κ3) is 4.52. The maximum absolute atomic E-state index is 11.0. The molecule has 0 saturated carbocycles. The Bertz CT molecular complexity index is 145. The van der Waals surface area contributed by atoms with E-state index in [2.05, 4.69) is 10.7 Å². The molecule has 0 aliphatic heterocycles. The molecule has 64 valence electrons. The highest BCUT2D eigenvalue weighted by Crippen LogP contribution is 1.79. The van der Waals surface area contributed by atoms with Gasteiger partial charge < -0.3 is 5.32 Å². The van der Waals surface area contributed by atoms with Gasteiger partial charge in [0.05, 0.1) is 0 Å². The maximum Gasteiger partial charge on any atom is 0.260 e. The van der Waals surface area contributed by atoms with Gasteiger partial charge >= 0.3 is 0 Å². The van der Waals surface area contributed by atoms with E-state index in [1.54, 1.807) is 20.2 Å². The minimum absolute atomic E-state index is 0.0530. The monoisotopic (exact) mass is 157 g/mol. The van der Waals surface area contributed by atoms with Crippen molar-refractivity contribution in [1.82, 2.24) is 15.8 Å². The molecule has 0 heterocycles. The van der Waals surface area contributed by atoms with Crippen molar-refractivity contribution in [1.29, 1.82) is 0 Å². The number of carbonyl (C=O) groups is 1. The second kappa shape index (κ2) is 5.88. The molecule has 4 nitrogen and oxygen atoms in total. The Balaban J connectivity index is 3.67. The van der Waals surface area contributed by atoms with Crippen LogP contribution in [0.2, 0.25) is 0 Å². The fraction of sp³-hybridized carbons (Fsp3) is 0.571. The van der Waals surface area contributed by atoms with Gasteiger partial charge in [0, 0.05) is 26.7 Å². The van der Waals surface area contributed by atoms with Crippen LogP contribution in [0.4, 0.5) is 0 Å². The summed E-state index contributed by atoms with van der Waals surface area (Å²) in [6.07, 6.45) is 3.29. The van der Waals surface area contributed by atoms with Gasteiger partial charge in [-0.25, -0.2) is 5.43 Å². The lowest BCUT2D eigenvalue weighted by atomic mass is 10.4. The molecule has 0 aromatic heterocycles. The molecule has 2 N–H and O–H groups in total. The summed E-state index contributed by atoms with van der Waals surface area (Å²) in [5.41, 5.74) is 2.70. The predicted molar refractivity (Wildman–Crippen MR) is 44.9 cm³/mol. The van der Waals surface area contributed by atoms with Crippen molar-refractivity contribution < 1.29 is 4.79 Å². The number of amides is 1. The molecule has 0 aromatic rings. The van der Waals surface area contributed by atoms with Gasteiger partial charge in [-0.3, -0.25) is 9.80 Å². The van der Waals surface area contributed by atoms with Crippen molar-refractivity contribution in [2.45, 2.75) is 0 Å². The van der Waals surface area contributed by atoms with E-state index < -0.39 is 0 Å². The molecule has 0 radical (unpaired) electrons. The SMILES string of the molecule is CNC/C=C/C(=O)N(C)NC. The Hall–Kier alpha value is -0.870. The van der Waals surface area contributed by atoms with E-state index in [1.165, 1.54) is 11.1 Å². The summed E-state index contributed by atoms with van der Waals surface area (Å²) in [7, 11) is 5.20. The van der Waals surface area contributed by atoms with Crippen LogP contribution in [-0.4, -0.2) is 38.6 Å². The Labute approximate surface area is 67.2 Å². The Kier molecular flexibility index (Phi) is 5.42. The lowest BCUT2D eigenvalue weighted by molar-refractivity contribution is -0.127. The van der Waals surface area contributed by atoms with E-state index in [-0.39, 0.29) is 5.91 Å². The number of hydrazine groups is 1. The molecule has 0 spiro atoms. The first kappa shape index (κ1) is 10.1. The van der Waals surface area contributed by atoms with E-state index >= 15 is 0 Å². The van der Waals surface area contributed by atoms with Crippen LogP contribution in [0, 0.1) is 0 Å². The molecule has 0 aliphatic carbocycles. The van der Waals surface area contributed by atoms with Crippen LogP contribution >= 0.6 is 0 Å². The largest absolute Gasteiger partial charge is 0.316 e. The molecule has 0 aliphatic rings. The van der Waals surface area contributed by atoms with Gasteiger partial charge in [-0.15, -0.1) is 0 Å². The summed E-state index contributed by atoms with van der Waals surface area (Å²) in [4.78, 5) is 11.0. The zero-order valence-corrected chi connectivity index (χ0v) is 7.22. The quantitative estimate of drug-likeness (QED) is 0.421. The molecule has 0 atom stereocenters. The number of hydrogen-bond acceptors (Lipinski definition) is 3. The zero-order chi connectivity index (χ0) is 8.69. The second-order valence-electron chi connectivity index (χ2n) is 2.08. The van der Waals surface area contributed by atoms with Crippen LogP contribution in [-0.2, 0) is 4.79 Å². The van der Waals surface area contributed by atoms with Crippen molar-refractivity contribution in [3.05, 3.63) is 12.2 Å². The third-order valence-electron chi connectivity index (χ3n) is 1.25. The van der Waals surface area contributed by atoms with Gasteiger partial charge in [0.2, 0.25) is 0 Å². The molecule has 4 heteroatoms. The normalized spacial score (nSPS) is 10.5. The smallest absolute Gasteiger partial charge is 0.260 e. The number of carbonyl (C=O) groups excluding carboxylic acids is 1. The zero-order valence-electron chi connectivity index (χ0n) is 7.22. The number of likely N-dealkylation sites (N-methyl/N-ethyl adjacent to an activating group) is 2. The summed E-state index contributed by atoms with van der Waals surface area (Å²) >= 11 is 0. The lowest BCUT2D eigenvalue weighted by Crippen LogP contribution is -2.35. The molecule has 0 aromatic carbocycles. The van der Waals surface area contributed by atoms with Crippen LogP contribution in [0.5, 0.6) is 0 Å². The Morgan fingerprint density at radius 2 is 2.18 bits per heavy atom. The summed E-state index contributed by atoms with van der Waals surface area (Å²) in [6.45, 7) is 0.712. The summed E-state index contributed by atoms with van der Waals surface area (Å²) in [5.74, 6) is -0.0530. The Morgan fingerprint density at radius 3 is 2.64 bits per heavy atom. The van der Waals surface area contributed by atoms with Crippen molar-refractivity contribution in [3.63, 3.8) is 0 Å². The van der Waals surface area contributed by atoms with Crippen molar-refractivity contribution in [2.75, 3.05) is 27.7 Å². The lowest BCUT2D eigenvalue weighted by Gasteiger charge is -2.11. The van der Waals surface area contributed by atoms with E-state index in [4.69, 9.17) is 0 Å². The van der Waals surface area contributed by atoms with Gasteiger partial charge in [0.15, 0.2) is 0 Å². The number of hydrogen-bond donors (Lipinski definition) is 2. The van der Waals surface area contributed by atoms with Crippen LogP contribution < -0.4 is 10.7 Å². The van der Waals surface area contributed by atoms with Crippen LogP contribution in [0.3, 0.4) is 0 Å². The molecular weight excluding hydrogens is 142 g/mol.